The van der Waals surface area contributed by atoms with E-state index >= 15 is 0 Å². The maximum absolute atomic E-state index is 4.38. The lowest BCUT2D eigenvalue weighted by atomic mass is 10.2. The van der Waals surface area contributed by atoms with Crippen molar-refractivity contribution in [2.75, 3.05) is 0 Å². The smallest absolute Gasteiger partial charge is 0.139 e. The molecule has 0 radical (unpaired) electrons. The standard InChI is InChI=1S/C12H16N2/c1-2-3-4-9-14-10-7-11-6-5-8-13-12(11)14/h5-8,10H,2-4,9H2,1H3. The molecule has 0 aromatic carbocycles. The van der Waals surface area contributed by atoms with E-state index in [-0.39, 0.29) is 0 Å². The molecule has 14 heavy (non-hydrogen) atoms. The Kier molecular flexibility index (Phi) is 2.82. The lowest BCUT2D eigenvalue weighted by Gasteiger charge is -2.02. The van der Waals surface area contributed by atoms with Gasteiger partial charge in [-0.2, -0.15) is 0 Å². The van der Waals surface area contributed by atoms with Gasteiger partial charge in [0.1, 0.15) is 5.65 Å². The first-order valence-electron chi connectivity index (χ1n) is 5.31. The molecule has 2 aromatic heterocycles. The lowest BCUT2D eigenvalue weighted by molar-refractivity contribution is 0.613. The zero-order chi connectivity index (χ0) is 9.80. The average Bonchev–Trinajstić information content (AvgIpc) is 2.63. The third kappa shape index (κ3) is 1.79. The Bertz CT molecular complexity index is 403. The van der Waals surface area contributed by atoms with E-state index in [1.807, 2.05) is 12.3 Å². The molecule has 0 atom stereocenters. The van der Waals surface area contributed by atoms with Crippen LogP contribution in [-0.2, 0) is 6.54 Å². The van der Waals surface area contributed by atoms with Crippen LogP contribution in [0.15, 0.2) is 30.6 Å². The molecular weight excluding hydrogens is 172 g/mol. The number of unbranched alkanes of at least 4 members (excludes halogenated alkanes) is 2. The van der Waals surface area contributed by atoms with E-state index in [4.69, 9.17) is 0 Å². The Hall–Kier alpha value is -1.31. The number of hydrogen-bond donors (Lipinski definition) is 0. The summed E-state index contributed by atoms with van der Waals surface area (Å²) in [6, 6.07) is 6.23. The summed E-state index contributed by atoms with van der Waals surface area (Å²) in [5.74, 6) is 0. The predicted molar refractivity (Wildman–Crippen MR) is 59.3 cm³/mol. The van der Waals surface area contributed by atoms with Gasteiger partial charge in [-0.3, -0.25) is 0 Å². The highest BCUT2D eigenvalue weighted by atomic mass is 15.0. The second-order valence-corrected chi connectivity index (χ2v) is 3.63. The van der Waals surface area contributed by atoms with Gasteiger partial charge in [0.2, 0.25) is 0 Å². The van der Waals surface area contributed by atoms with E-state index in [1.165, 1.54) is 24.6 Å². The van der Waals surface area contributed by atoms with Crippen LogP contribution >= 0.6 is 0 Å². The van der Waals surface area contributed by atoms with E-state index in [2.05, 4.69) is 34.8 Å². The Labute approximate surface area is 84.6 Å². The molecule has 2 aromatic rings. The molecule has 2 nitrogen and oxygen atoms in total. The van der Waals surface area contributed by atoms with Crippen molar-refractivity contribution in [2.24, 2.45) is 0 Å². The molecule has 0 bridgehead atoms. The van der Waals surface area contributed by atoms with E-state index in [9.17, 15) is 0 Å². The minimum absolute atomic E-state index is 1.09. The summed E-state index contributed by atoms with van der Waals surface area (Å²) >= 11 is 0. The van der Waals surface area contributed by atoms with Crippen LogP contribution in [0.25, 0.3) is 11.0 Å². The van der Waals surface area contributed by atoms with Crippen molar-refractivity contribution in [3.05, 3.63) is 30.6 Å². The van der Waals surface area contributed by atoms with Gasteiger partial charge in [0.15, 0.2) is 0 Å². The number of pyridine rings is 1. The van der Waals surface area contributed by atoms with Crippen molar-refractivity contribution >= 4 is 11.0 Å². The molecule has 0 fully saturated rings. The van der Waals surface area contributed by atoms with Crippen molar-refractivity contribution < 1.29 is 0 Å². The summed E-state index contributed by atoms with van der Waals surface area (Å²) in [4.78, 5) is 4.38. The summed E-state index contributed by atoms with van der Waals surface area (Å²) in [6.45, 7) is 3.32. The average molecular weight is 188 g/mol. The van der Waals surface area contributed by atoms with Gasteiger partial charge in [-0.15, -0.1) is 0 Å². The van der Waals surface area contributed by atoms with Crippen LogP contribution in [0.5, 0.6) is 0 Å². The number of hydrogen-bond acceptors (Lipinski definition) is 1. The maximum atomic E-state index is 4.38. The zero-order valence-corrected chi connectivity index (χ0v) is 8.61. The first kappa shape index (κ1) is 9.25. The van der Waals surface area contributed by atoms with E-state index in [0.29, 0.717) is 0 Å². The molecule has 2 rings (SSSR count). The summed E-state index contributed by atoms with van der Waals surface area (Å²) in [5, 5.41) is 1.24. The van der Waals surface area contributed by atoms with Crippen molar-refractivity contribution in [2.45, 2.75) is 32.7 Å². The minimum atomic E-state index is 1.09. The maximum Gasteiger partial charge on any atom is 0.139 e. The third-order valence-electron chi connectivity index (χ3n) is 2.53. The number of rotatable bonds is 4. The Morgan fingerprint density at radius 3 is 3.07 bits per heavy atom. The second kappa shape index (κ2) is 4.27. The Balaban J connectivity index is 2.17. The van der Waals surface area contributed by atoms with Crippen molar-refractivity contribution in [3.8, 4) is 0 Å². The minimum Gasteiger partial charge on any atom is -0.333 e. The molecule has 0 aliphatic carbocycles. The topological polar surface area (TPSA) is 17.8 Å². The molecule has 0 aliphatic heterocycles. The van der Waals surface area contributed by atoms with E-state index < -0.39 is 0 Å². The van der Waals surface area contributed by atoms with Crippen LogP contribution in [0.4, 0.5) is 0 Å². The molecule has 2 heteroatoms. The zero-order valence-electron chi connectivity index (χ0n) is 8.61. The fourth-order valence-corrected chi connectivity index (χ4v) is 1.73. The SMILES string of the molecule is CCCCCn1ccc2cccnc21. The highest BCUT2D eigenvalue weighted by Gasteiger charge is 1.99. The largest absolute Gasteiger partial charge is 0.333 e. The van der Waals surface area contributed by atoms with Crippen molar-refractivity contribution in [3.63, 3.8) is 0 Å². The van der Waals surface area contributed by atoms with Gasteiger partial charge in [-0.25, -0.2) is 4.98 Å². The van der Waals surface area contributed by atoms with Crippen LogP contribution in [0, 0.1) is 0 Å². The molecule has 0 N–H and O–H groups in total. The molecule has 0 amide bonds. The predicted octanol–water partition coefficient (Wildman–Crippen LogP) is 3.23. The van der Waals surface area contributed by atoms with E-state index in [1.54, 1.807) is 0 Å². The number of aromatic nitrogens is 2. The molecule has 0 saturated heterocycles. The Morgan fingerprint density at radius 1 is 1.29 bits per heavy atom. The van der Waals surface area contributed by atoms with Gasteiger partial charge in [0.05, 0.1) is 0 Å². The van der Waals surface area contributed by atoms with Gasteiger partial charge >= 0.3 is 0 Å². The normalized spacial score (nSPS) is 10.9. The quantitative estimate of drug-likeness (QED) is 0.673. The van der Waals surface area contributed by atoms with Crippen molar-refractivity contribution in [1.82, 2.24) is 9.55 Å². The van der Waals surface area contributed by atoms with E-state index in [0.717, 1.165) is 12.2 Å². The van der Waals surface area contributed by atoms with Crippen LogP contribution in [-0.4, -0.2) is 9.55 Å². The summed E-state index contributed by atoms with van der Waals surface area (Å²) < 4.78 is 2.24. The number of aryl methyl sites for hydroxylation is 1. The lowest BCUT2D eigenvalue weighted by Crippen LogP contribution is -1.96. The molecule has 0 aliphatic rings. The fraction of sp³-hybridized carbons (Fsp3) is 0.417. The summed E-state index contributed by atoms with van der Waals surface area (Å²) in [7, 11) is 0. The highest BCUT2D eigenvalue weighted by molar-refractivity contribution is 5.75. The molecule has 0 spiro atoms. The van der Waals surface area contributed by atoms with Gasteiger partial charge < -0.3 is 4.57 Å². The molecule has 0 saturated carbocycles. The van der Waals surface area contributed by atoms with Crippen LogP contribution in [0.2, 0.25) is 0 Å². The molecule has 0 unspecified atom stereocenters. The van der Waals surface area contributed by atoms with Crippen LogP contribution < -0.4 is 0 Å². The highest BCUT2D eigenvalue weighted by Crippen LogP contribution is 2.13. The van der Waals surface area contributed by atoms with Crippen molar-refractivity contribution in [1.29, 1.82) is 0 Å². The van der Waals surface area contributed by atoms with Crippen LogP contribution in [0.1, 0.15) is 26.2 Å². The number of nitrogens with zero attached hydrogens (tertiary/aromatic N) is 2. The summed E-state index contributed by atoms with van der Waals surface area (Å²) in [5.41, 5.74) is 1.11. The fourth-order valence-electron chi connectivity index (χ4n) is 1.73. The molecule has 2 heterocycles. The molecular formula is C12H16N2. The molecule has 74 valence electrons. The van der Waals surface area contributed by atoms with Gasteiger partial charge in [-0.1, -0.05) is 19.8 Å². The summed E-state index contributed by atoms with van der Waals surface area (Å²) in [6.07, 6.45) is 7.81. The second-order valence-electron chi connectivity index (χ2n) is 3.63. The third-order valence-corrected chi connectivity index (χ3v) is 2.53. The first-order chi connectivity index (χ1) is 6.92. The first-order valence-corrected chi connectivity index (χ1v) is 5.31. The number of fused-ring (bicyclic) bond motifs is 1. The van der Waals surface area contributed by atoms with Crippen LogP contribution in [0.3, 0.4) is 0 Å². The van der Waals surface area contributed by atoms with Gasteiger partial charge in [-0.05, 0) is 24.6 Å². The Morgan fingerprint density at radius 2 is 2.21 bits per heavy atom. The van der Waals surface area contributed by atoms with Gasteiger partial charge in [0, 0.05) is 24.3 Å². The monoisotopic (exact) mass is 188 g/mol. The van der Waals surface area contributed by atoms with Gasteiger partial charge in [0.25, 0.3) is 0 Å².